The van der Waals surface area contributed by atoms with Gasteiger partial charge in [-0.15, -0.1) is 0 Å². The summed E-state index contributed by atoms with van der Waals surface area (Å²) in [5, 5.41) is 7.76. The summed E-state index contributed by atoms with van der Waals surface area (Å²) in [6.45, 7) is 3.23. The molecule has 3 heterocycles. The minimum atomic E-state index is -0.321. The number of carbonyl (C=O) groups is 1. The van der Waals surface area contributed by atoms with Crippen LogP contribution in [0.4, 0.5) is 0 Å². The van der Waals surface area contributed by atoms with E-state index < -0.39 is 0 Å². The van der Waals surface area contributed by atoms with Crippen molar-refractivity contribution >= 4 is 5.91 Å². The van der Waals surface area contributed by atoms with E-state index in [2.05, 4.69) is 39.2 Å². The second-order valence-electron chi connectivity index (χ2n) is 6.71. The molecule has 7 nitrogen and oxygen atoms in total. The third kappa shape index (κ3) is 3.28. The molecule has 7 heteroatoms. The molecule has 3 aromatic rings. The van der Waals surface area contributed by atoms with E-state index in [1.54, 1.807) is 4.90 Å². The van der Waals surface area contributed by atoms with Crippen LogP contribution in [0.5, 0.6) is 0 Å². The number of aromatic amines is 2. The minimum Gasteiger partial charge on any atom is -0.332 e. The van der Waals surface area contributed by atoms with Gasteiger partial charge in [-0.25, -0.2) is 4.98 Å². The van der Waals surface area contributed by atoms with E-state index in [0.717, 1.165) is 36.0 Å². The Morgan fingerprint density at radius 3 is 2.81 bits per heavy atom. The monoisotopic (exact) mass is 363 g/mol. The van der Waals surface area contributed by atoms with Crippen LogP contribution in [0.1, 0.15) is 52.3 Å². The first-order valence-electron chi connectivity index (χ1n) is 9.12. The van der Waals surface area contributed by atoms with Gasteiger partial charge < -0.3 is 9.88 Å². The molecule has 1 aromatic carbocycles. The average molecular weight is 363 g/mol. The molecule has 0 radical (unpaired) electrons. The Kier molecular flexibility index (Phi) is 4.58. The van der Waals surface area contributed by atoms with Crippen molar-refractivity contribution < 1.29 is 4.79 Å². The molecule has 4 rings (SSSR count). The van der Waals surface area contributed by atoms with E-state index >= 15 is 0 Å². The van der Waals surface area contributed by atoms with E-state index in [-0.39, 0.29) is 23.1 Å². The average Bonchev–Trinajstić information content (AvgIpc) is 3.12. The Bertz CT molecular complexity index is 988. The Morgan fingerprint density at radius 1 is 1.30 bits per heavy atom. The van der Waals surface area contributed by atoms with E-state index in [0.29, 0.717) is 13.1 Å². The standard InChI is InChI=1S/C20H21N5O2/c1-2-14(13-6-4-3-5-7-13)19-15-12-25(9-8-16(15)23-24-19)20(27)17-10-22-18(26)11-21-17/h3-7,10-11,14H,2,8-9,12H2,1H3,(H,22,26)(H,23,24)/t14-/m0/s1. The fourth-order valence-electron chi connectivity index (χ4n) is 3.67. The fraction of sp³-hybridized carbons (Fsp3) is 0.300. The summed E-state index contributed by atoms with van der Waals surface area (Å²) in [7, 11) is 0. The van der Waals surface area contributed by atoms with Crippen molar-refractivity contribution in [2.45, 2.75) is 32.2 Å². The highest BCUT2D eigenvalue weighted by atomic mass is 16.2. The number of nitrogens with zero attached hydrogens (tertiary/aromatic N) is 3. The third-order valence-corrected chi connectivity index (χ3v) is 5.08. The SMILES string of the molecule is CC[C@@H](c1ccccc1)c1n[nH]c2c1CN(C(=O)c1c[nH]c(=O)cn1)CC2. The Balaban J connectivity index is 1.62. The summed E-state index contributed by atoms with van der Waals surface area (Å²) in [5.74, 6) is 0.00395. The topological polar surface area (TPSA) is 94.7 Å². The number of benzene rings is 1. The van der Waals surface area contributed by atoms with Gasteiger partial charge in [-0.2, -0.15) is 5.10 Å². The van der Waals surface area contributed by atoms with E-state index in [1.165, 1.54) is 11.8 Å². The lowest BCUT2D eigenvalue weighted by atomic mass is 9.89. The van der Waals surface area contributed by atoms with Crippen molar-refractivity contribution in [1.29, 1.82) is 0 Å². The molecule has 1 aliphatic rings. The number of aromatic nitrogens is 4. The number of nitrogens with one attached hydrogen (secondary N) is 2. The molecule has 0 unspecified atom stereocenters. The molecule has 0 spiro atoms. The van der Waals surface area contributed by atoms with Gasteiger partial charge in [0.05, 0.1) is 11.9 Å². The van der Waals surface area contributed by atoms with Crippen LogP contribution >= 0.6 is 0 Å². The van der Waals surface area contributed by atoms with E-state index in [4.69, 9.17) is 0 Å². The van der Waals surface area contributed by atoms with Crippen molar-refractivity contribution in [3.8, 4) is 0 Å². The molecule has 0 aliphatic carbocycles. The zero-order valence-corrected chi connectivity index (χ0v) is 15.1. The van der Waals surface area contributed by atoms with E-state index in [9.17, 15) is 9.59 Å². The van der Waals surface area contributed by atoms with Crippen molar-refractivity contribution in [1.82, 2.24) is 25.1 Å². The maximum Gasteiger partial charge on any atom is 0.274 e. The molecule has 0 fully saturated rings. The van der Waals surface area contributed by atoms with Gasteiger partial charge >= 0.3 is 0 Å². The van der Waals surface area contributed by atoms with Crippen LogP contribution in [0, 0.1) is 0 Å². The number of hydrogen-bond acceptors (Lipinski definition) is 4. The van der Waals surface area contributed by atoms with Crippen molar-refractivity contribution in [2.24, 2.45) is 0 Å². The second kappa shape index (κ2) is 7.19. The van der Waals surface area contributed by atoms with Crippen LogP contribution in [0.2, 0.25) is 0 Å². The molecular formula is C20H21N5O2. The number of fused-ring (bicyclic) bond motifs is 1. The molecular weight excluding hydrogens is 342 g/mol. The predicted molar refractivity (Wildman–Crippen MR) is 100 cm³/mol. The molecule has 1 amide bonds. The first kappa shape index (κ1) is 17.2. The molecule has 1 aliphatic heterocycles. The van der Waals surface area contributed by atoms with Crippen LogP contribution < -0.4 is 5.56 Å². The van der Waals surface area contributed by atoms with Gasteiger partial charge in [0, 0.05) is 42.9 Å². The van der Waals surface area contributed by atoms with Crippen LogP contribution in [-0.2, 0) is 13.0 Å². The molecule has 2 N–H and O–H groups in total. The lowest BCUT2D eigenvalue weighted by molar-refractivity contribution is 0.0727. The summed E-state index contributed by atoms with van der Waals surface area (Å²) in [6.07, 6.45) is 4.16. The third-order valence-electron chi connectivity index (χ3n) is 5.08. The van der Waals surface area contributed by atoms with Gasteiger partial charge in [0.25, 0.3) is 11.5 Å². The normalized spacial score (nSPS) is 14.6. The van der Waals surface area contributed by atoms with Gasteiger partial charge in [-0.1, -0.05) is 37.3 Å². The van der Waals surface area contributed by atoms with Gasteiger partial charge in [-0.05, 0) is 12.0 Å². The number of H-pyrrole nitrogens is 2. The predicted octanol–water partition coefficient (Wildman–Crippen LogP) is 2.23. The number of hydrogen-bond donors (Lipinski definition) is 2. The Morgan fingerprint density at radius 2 is 2.11 bits per heavy atom. The fourth-order valence-corrected chi connectivity index (χ4v) is 3.67. The summed E-state index contributed by atoms with van der Waals surface area (Å²) >= 11 is 0. The Hall–Kier alpha value is -3.22. The number of amides is 1. The van der Waals surface area contributed by atoms with Gasteiger partial charge in [0.2, 0.25) is 0 Å². The molecule has 0 bridgehead atoms. The first-order valence-corrected chi connectivity index (χ1v) is 9.12. The first-order chi connectivity index (χ1) is 13.2. The molecule has 1 atom stereocenters. The highest BCUT2D eigenvalue weighted by Crippen LogP contribution is 2.32. The van der Waals surface area contributed by atoms with Crippen molar-refractivity contribution in [3.05, 3.63) is 81.3 Å². The lowest BCUT2D eigenvalue weighted by Crippen LogP contribution is -2.37. The smallest absolute Gasteiger partial charge is 0.274 e. The molecule has 138 valence electrons. The maximum absolute atomic E-state index is 12.8. The van der Waals surface area contributed by atoms with Crippen LogP contribution in [0.25, 0.3) is 0 Å². The Labute approximate surface area is 156 Å². The number of rotatable bonds is 4. The van der Waals surface area contributed by atoms with Crippen molar-refractivity contribution in [3.63, 3.8) is 0 Å². The van der Waals surface area contributed by atoms with Crippen LogP contribution in [-0.4, -0.2) is 37.5 Å². The summed E-state index contributed by atoms with van der Waals surface area (Å²) in [4.78, 5) is 32.2. The zero-order valence-electron chi connectivity index (χ0n) is 15.1. The van der Waals surface area contributed by atoms with Crippen LogP contribution in [0.15, 0.2) is 47.5 Å². The summed E-state index contributed by atoms with van der Waals surface area (Å²) in [5.41, 5.74) is 4.34. The highest BCUT2D eigenvalue weighted by Gasteiger charge is 2.29. The molecule has 2 aromatic heterocycles. The van der Waals surface area contributed by atoms with E-state index in [1.807, 2.05) is 18.2 Å². The van der Waals surface area contributed by atoms with Gasteiger partial charge in [-0.3, -0.25) is 14.7 Å². The van der Waals surface area contributed by atoms with Crippen LogP contribution in [0.3, 0.4) is 0 Å². The molecule has 0 saturated heterocycles. The minimum absolute atomic E-state index is 0.184. The maximum atomic E-state index is 12.8. The number of carbonyl (C=O) groups excluding carboxylic acids is 1. The summed E-state index contributed by atoms with van der Waals surface area (Å²) in [6, 6.07) is 10.3. The largest absolute Gasteiger partial charge is 0.332 e. The molecule has 0 saturated carbocycles. The molecule has 27 heavy (non-hydrogen) atoms. The van der Waals surface area contributed by atoms with Gasteiger partial charge in [0.15, 0.2) is 0 Å². The quantitative estimate of drug-likeness (QED) is 0.743. The zero-order chi connectivity index (χ0) is 18.8. The lowest BCUT2D eigenvalue weighted by Gasteiger charge is -2.28. The highest BCUT2D eigenvalue weighted by molar-refractivity contribution is 5.92. The van der Waals surface area contributed by atoms with Crippen molar-refractivity contribution in [2.75, 3.05) is 6.54 Å². The summed E-state index contributed by atoms with van der Waals surface area (Å²) < 4.78 is 0. The van der Waals surface area contributed by atoms with Gasteiger partial charge in [0.1, 0.15) is 5.69 Å². The second-order valence-corrected chi connectivity index (χ2v) is 6.71.